The minimum absolute atomic E-state index is 0.234. The Morgan fingerprint density at radius 1 is 1.40 bits per heavy atom. The number of hydrogen-bond acceptors (Lipinski definition) is 2. The van der Waals surface area contributed by atoms with Crippen LogP contribution in [0.1, 0.15) is 13.8 Å². The highest BCUT2D eigenvalue weighted by Gasteiger charge is 2.16. The zero-order valence-electron chi connectivity index (χ0n) is 5.61. The standard InChI is InChI=1S/C3H7O.C2HCl3O/c1-3(2)4;3-2(4,5)1-6/h3H,1-2H3;1H/q-1;. The number of carbonyl (C=O) groups is 1. The smallest absolute Gasteiger partial charge is 0.245 e. The molecule has 0 spiro atoms. The second-order valence-electron chi connectivity index (χ2n) is 1.71. The number of hydrogen-bond donors (Lipinski definition) is 0. The zero-order chi connectivity index (χ0) is 8.78. The van der Waals surface area contributed by atoms with Crippen molar-refractivity contribution in [3.05, 3.63) is 0 Å². The van der Waals surface area contributed by atoms with E-state index in [0.29, 0.717) is 0 Å². The van der Waals surface area contributed by atoms with Crippen LogP contribution < -0.4 is 5.11 Å². The van der Waals surface area contributed by atoms with E-state index < -0.39 is 9.90 Å². The van der Waals surface area contributed by atoms with Gasteiger partial charge < -0.3 is 5.11 Å². The first-order valence-corrected chi connectivity index (χ1v) is 3.62. The predicted octanol–water partition coefficient (Wildman–Crippen LogP) is 1.31. The van der Waals surface area contributed by atoms with E-state index in [1.807, 2.05) is 0 Å². The number of carbonyl (C=O) groups excluding carboxylic acids is 1. The molecule has 0 aliphatic heterocycles. The van der Waals surface area contributed by atoms with Crippen molar-refractivity contribution < 1.29 is 9.90 Å². The first kappa shape index (κ1) is 13.1. The van der Waals surface area contributed by atoms with E-state index in [4.69, 9.17) is 34.8 Å². The van der Waals surface area contributed by atoms with E-state index in [-0.39, 0.29) is 6.29 Å². The summed E-state index contributed by atoms with van der Waals surface area (Å²) >= 11 is 14.6. The van der Waals surface area contributed by atoms with Gasteiger partial charge in [-0.3, -0.25) is 4.79 Å². The fourth-order valence-electron chi connectivity index (χ4n) is 0. The molecule has 0 aliphatic carbocycles. The molecule has 5 heteroatoms. The van der Waals surface area contributed by atoms with Gasteiger partial charge in [0, 0.05) is 0 Å². The van der Waals surface area contributed by atoms with Crippen molar-refractivity contribution in [1.82, 2.24) is 0 Å². The molecule has 0 rings (SSSR count). The molecule has 0 N–H and O–H groups in total. The Labute approximate surface area is 75.1 Å². The van der Waals surface area contributed by atoms with E-state index in [0.717, 1.165) is 0 Å². The fourth-order valence-corrected chi connectivity index (χ4v) is 0. The van der Waals surface area contributed by atoms with Crippen molar-refractivity contribution in [2.24, 2.45) is 0 Å². The van der Waals surface area contributed by atoms with Crippen LogP contribution in [-0.2, 0) is 4.79 Å². The summed E-state index contributed by atoms with van der Waals surface area (Å²) in [6, 6.07) is 0. The van der Waals surface area contributed by atoms with E-state index in [1.165, 1.54) is 0 Å². The Bertz CT molecular complexity index is 84.6. The molecule has 0 radical (unpaired) electrons. The Morgan fingerprint density at radius 2 is 1.50 bits per heavy atom. The molecule has 10 heavy (non-hydrogen) atoms. The van der Waals surface area contributed by atoms with Crippen LogP contribution in [0.4, 0.5) is 0 Å². The van der Waals surface area contributed by atoms with Crippen LogP contribution in [0.3, 0.4) is 0 Å². The quantitative estimate of drug-likeness (QED) is 0.443. The summed E-state index contributed by atoms with van der Waals surface area (Å²) in [6.07, 6.45) is -0.183. The molecule has 0 heterocycles. The summed E-state index contributed by atoms with van der Waals surface area (Å²) in [6.45, 7) is 3.22. The van der Waals surface area contributed by atoms with Crippen molar-refractivity contribution in [3.8, 4) is 0 Å². The third-order valence-electron chi connectivity index (χ3n) is 0.134. The van der Waals surface area contributed by atoms with Crippen LogP contribution in [0.5, 0.6) is 0 Å². The molecule has 0 saturated carbocycles. The summed E-state index contributed by atoms with van der Waals surface area (Å²) < 4.78 is -1.72. The molecule has 0 bridgehead atoms. The van der Waals surface area contributed by atoms with Crippen LogP contribution in [-0.4, -0.2) is 16.2 Å². The lowest BCUT2D eigenvalue weighted by atomic mass is 10.5. The largest absolute Gasteiger partial charge is 0.852 e. The second kappa shape index (κ2) is 6.23. The van der Waals surface area contributed by atoms with Gasteiger partial charge in [0.2, 0.25) is 3.79 Å². The minimum Gasteiger partial charge on any atom is -0.852 e. The van der Waals surface area contributed by atoms with Gasteiger partial charge in [-0.15, -0.1) is 6.10 Å². The van der Waals surface area contributed by atoms with Gasteiger partial charge in [0.1, 0.15) is 0 Å². The van der Waals surface area contributed by atoms with Gasteiger partial charge in [0.15, 0.2) is 6.29 Å². The lowest BCUT2D eigenvalue weighted by Crippen LogP contribution is -2.14. The first-order valence-electron chi connectivity index (χ1n) is 2.48. The molecule has 0 aliphatic rings. The molecule has 0 atom stereocenters. The van der Waals surface area contributed by atoms with E-state index in [9.17, 15) is 9.90 Å². The molecular formula is C5H8Cl3O2-. The lowest BCUT2D eigenvalue weighted by molar-refractivity contribution is -0.407. The van der Waals surface area contributed by atoms with Gasteiger partial charge in [0.25, 0.3) is 0 Å². The van der Waals surface area contributed by atoms with Crippen molar-refractivity contribution in [2.75, 3.05) is 0 Å². The average Bonchev–Trinajstić information content (AvgIpc) is 1.63. The predicted molar refractivity (Wildman–Crippen MR) is 41.5 cm³/mol. The summed E-state index contributed by atoms with van der Waals surface area (Å²) in [4.78, 5) is 9.43. The average molecular weight is 206 g/mol. The monoisotopic (exact) mass is 205 g/mol. The van der Waals surface area contributed by atoms with Crippen molar-refractivity contribution in [3.63, 3.8) is 0 Å². The van der Waals surface area contributed by atoms with Crippen LogP contribution in [0.25, 0.3) is 0 Å². The molecule has 2 nitrogen and oxygen atoms in total. The molecule has 0 saturated heterocycles. The minimum atomic E-state index is -1.72. The van der Waals surface area contributed by atoms with E-state index in [1.54, 1.807) is 13.8 Å². The Balaban J connectivity index is 0. The van der Waals surface area contributed by atoms with Gasteiger partial charge in [-0.1, -0.05) is 48.7 Å². The van der Waals surface area contributed by atoms with Crippen LogP contribution in [0.2, 0.25) is 0 Å². The van der Waals surface area contributed by atoms with E-state index in [2.05, 4.69) is 0 Å². The number of rotatable bonds is 0. The SMILES string of the molecule is CC(C)[O-].O=CC(Cl)(Cl)Cl. The molecule has 0 aromatic rings. The maximum absolute atomic E-state index is 9.53. The highest BCUT2D eigenvalue weighted by Crippen LogP contribution is 2.21. The van der Waals surface area contributed by atoms with Crippen molar-refractivity contribution in [1.29, 1.82) is 0 Å². The second-order valence-corrected chi connectivity index (χ2v) is 4.08. The fraction of sp³-hybridized carbons (Fsp3) is 0.800. The molecule has 0 aromatic heterocycles. The topological polar surface area (TPSA) is 40.1 Å². The Kier molecular flexibility index (Phi) is 8.17. The number of halogens is 3. The molecule has 0 amide bonds. The summed E-state index contributed by atoms with van der Waals surface area (Å²) in [5, 5.41) is 9.53. The first-order chi connectivity index (χ1) is 4.29. The summed E-state index contributed by atoms with van der Waals surface area (Å²) in [5.74, 6) is 0. The normalized spacial score (nSPS) is 10.3. The van der Waals surface area contributed by atoms with Crippen LogP contribution >= 0.6 is 34.8 Å². The third kappa shape index (κ3) is 39.0. The van der Waals surface area contributed by atoms with E-state index >= 15 is 0 Å². The third-order valence-corrected chi connectivity index (χ3v) is 0.401. The molecule has 62 valence electrons. The molecule has 0 unspecified atom stereocenters. The highest BCUT2D eigenvalue weighted by atomic mass is 35.6. The molecule has 0 aromatic carbocycles. The highest BCUT2D eigenvalue weighted by molar-refractivity contribution is 6.74. The maximum Gasteiger partial charge on any atom is 0.245 e. The summed E-state index contributed by atoms with van der Waals surface area (Å²) in [7, 11) is 0. The van der Waals surface area contributed by atoms with Gasteiger partial charge in [-0.2, -0.15) is 0 Å². The van der Waals surface area contributed by atoms with Gasteiger partial charge in [-0.05, 0) is 0 Å². The molecular weight excluding hydrogens is 198 g/mol. The van der Waals surface area contributed by atoms with Gasteiger partial charge >= 0.3 is 0 Å². The van der Waals surface area contributed by atoms with Crippen molar-refractivity contribution in [2.45, 2.75) is 23.7 Å². The number of alkyl halides is 3. The lowest BCUT2D eigenvalue weighted by Gasteiger charge is -2.02. The molecule has 0 fully saturated rings. The zero-order valence-corrected chi connectivity index (χ0v) is 7.87. The van der Waals surface area contributed by atoms with Gasteiger partial charge in [-0.25, -0.2) is 0 Å². The number of aldehydes is 1. The summed E-state index contributed by atoms with van der Waals surface area (Å²) in [5.41, 5.74) is 0. The van der Waals surface area contributed by atoms with Crippen molar-refractivity contribution >= 4 is 41.1 Å². The van der Waals surface area contributed by atoms with Crippen LogP contribution in [0, 0.1) is 0 Å². The van der Waals surface area contributed by atoms with Gasteiger partial charge in [0.05, 0.1) is 0 Å². The maximum atomic E-state index is 9.53. The van der Waals surface area contributed by atoms with Crippen LogP contribution in [0.15, 0.2) is 0 Å². The Morgan fingerprint density at radius 3 is 1.50 bits per heavy atom. The Hall–Kier alpha value is 0.500.